The van der Waals surface area contributed by atoms with E-state index in [1.165, 1.54) is 11.7 Å². The number of hydrogen-bond acceptors (Lipinski definition) is 6. The molecule has 0 radical (unpaired) electrons. The number of para-hydroxylation sites is 1. The standard InChI is InChI=1S/C31H34N4O6/c1-34-26-22-10-6-7-11-23(22)35(18-24(37)19-8-4-3-5-9-19)31(40)25(26)28(41-2)27(34)30(39)33-21-14-12-20(13-15-21)29(38)32-16-17-36/h3-11,20-21,36H,12-18H2,1-2H3,(H,32,38)(H,33,39). The summed E-state index contributed by atoms with van der Waals surface area (Å²) < 4.78 is 8.83. The van der Waals surface area contributed by atoms with Crippen LogP contribution in [0.1, 0.15) is 46.5 Å². The van der Waals surface area contributed by atoms with Crippen molar-refractivity contribution in [3.63, 3.8) is 0 Å². The van der Waals surface area contributed by atoms with Gasteiger partial charge in [0.1, 0.15) is 5.39 Å². The second-order valence-electron chi connectivity index (χ2n) is 10.4. The number of ether oxygens (including phenoxy) is 1. The zero-order valence-electron chi connectivity index (χ0n) is 23.2. The van der Waals surface area contributed by atoms with Gasteiger partial charge in [-0.15, -0.1) is 0 Å². The molecular formula is C31H34N4O6. The van der Waals surface area contributed by atoms with E-state index in [-0.39, 0.29) is 66.1 Å². The highest BCUT2D eigenvalue weighted by Gasteiger charge is 2.31. The molecule has 2 aromatic carbocycles. The molecule has 214 valence electrons. The van der Waals surface area contributed by atoms with E-state index in [9.17, 15) is 19.2 Å². The molecule has 2 heterocycles. The molecule has 0 saturated heterocycles. The maximum Gasteiger partial charge on any atom is 0.272 e. The van der Waals surface area contributed by atoms with Crippen LogP contribution in [0.3, 0.4) is 0 Å². The summed E-state index contributed by atoms with van der Waals surface area (Å²) in [5, 5.41) is 15.7. The number of benzene rings is 2. The third-order valence-electron chi connectivity index (χ3n) is 7.92. The molecule has 1 aliphatic carbocycles. The number of Topliss-reactive ketones (excluding diaryl/α,β-unsaturated/α-hetero) is 1. The van der Waals surface area contributed by atoms with Crippen LogP contribution in [0.15, 0.2) is 59.4 Å². The van der Waals surface area contributed by atoms with Crippen LogP contribution in [0.4, 0.5) is 0 Å². The Morgan fingerprint density at radius 1 is 1.00 bits per heavy atom. The Labute approximate surface area is 236 Å². The number of aryl methyl sites for hydroxylation is 1. The number of aliphatic hydroxyl groups excluding tert-OH is 1. The maximum atomic E-state index is 14.0. The summed E-state index contributed by atoms with van der Waals surface area (Å²) in [6, 6.07) is 16.0. The molecule has 0 bridgehead atoms. The fourth-order valence-corrected chi connectivity index (χ4v) is 5.87. The van der Waals surface area contributed by atoms with Gasteiger partial charge in [-0.3, -0.25) is 23.7 Å². The number of aliphatic hydroxyl groups is 1. The Morgan fingerprint density at radius 3 is 2.37 bits per heavy atom. The number of methoxy groups -OCH3 is 1. The average Bonchev–Trinajstić information content (AvgIpc) is 3.31. The molecule has 10 heteroatoms. The van der Waals surface area contributed by atoms with Gasteiger partial charge in [0.15, 0.2) is 17.2 Å². The molecule has 10 nitrogen and oxygen atoms in total. The van der Waals surface area contributed by atoms with Gasteiger partial charge in [0.05, 0.1) is 31.3 Å². The van der Waals surface area contributed by atoms with Crippen LogP contribution in [0.25, 0.3) is 21.8 Å². The Kier molecular flexibility index (Phi) is 8.21. The van der Waals surface area contributed by atoms with Crippen molar-refractivity contribution in [3.8, 4) is 5.75 Å². The topological polar surface area (TPSA) is 132 Å². The van der Waals surface area contributed by atoms with Gasteiger partial charge in [-0.05, 0) is 31.7 Å². The van der Waals surface area contributed by atoms with Crippen molar-refractivity contribution >= 4 is 39.4 Å². The lowest BCUT2D eigenvalue weighted by Crippen LogP contribution is -2.41. The van der Waals surface area contributed by atoms with Crippen molar-refractivity contribution < 1.29 is 24.2 Å². The molecule has 1 fully saturated rings. The Bertz CT molecular complexity index is 1670. The molecule has 1 saturated carbocycles. The van der Waals surface area contributed by atoms with Crippen LogP contribution >= 0.6 is 0 Å². The molecule has 3 N–H and O–H groups in total. The van der Waals surface area contributed by atoms with Gasteiger partial charge in [0, 0.05) is 36.5 Å². The summed E-state index contributed by atoms with van der Waals surface area (Å²) in [5.41, 5.74) is 1.45. The summed E-state index contributed by atoms with van der Waals surface area (Å²) in [7, 11) is 3.16. The summed E-state index contributed by atoms with van der Waals surface area (Å²) in [6.07, 6.45) is 2.51. The fourth-order valence-electron chi connectivity index (χ4n) is 5.87. The van der Waals surface area contributed by atoms with Crippen molar-refractivity contribution in [3.05, 3.63) is 76.2 Å². The van der Waals surface area contributed by atoms with E-state index in [0.717, 1.165) is 5.39 Å². The quantitative estimate of drug-likeness (QED) is 0.271. The van der Waals surface area contributed by atoms with E-state index in [4.69, 9.17) is 9.84 Å². The van der Waals surface area contributed by atoms with E-state index in [1.807, 2.05) is 24.3 Å². The van der Waals surface area contributed by atoms with E-state index < -0.39 is 5.56 Å². The first-order chi connectivity index (χ1) is 19.8. The lowest BCUT2D eigenvalue weighted by molar-refractivity contribution is -0.126. The zero-order chi connectivity index (χ0) is 29.1. The number of nitrogens with zero attached hydrogens (tertiary/aromatic N) is 2. The first-order valence-electron chi connectivity index (χ1n) is 13.8. The number of rotatable bonds is 9. The number of pyridine rings is 1. The van der Waals surface area contributed by atoms with Crippen molar-refractivity contribution in [2.45, 2.75) is 38.3 Å². The predicted molar refractivity (Wildman–Crippen MR) is 155 cm³/mol. The van der Waals surface area contributed by atoms with Crippen molar-refractivity contribution in [2.75, 3.05) is 20.3 Å². The first-order valence-corrected chi connectivity index (χ1v) is 13.8. The second-order valence-corrected chi connectivity index (χ2v) is 10.4. The van der Waals surface area contributed by atoms with Gasteiger partial charge in [-0.1, -0.05) is 48.5 Å². The SMILES string of the molecule is COc1c(C(=O)NC2CCC(C(=O)NCCO)CC2)n(C)c2c1c(=O)n(CC(=O)c1ccccc1)c1ccccc21. The summed E-state index contributed by atoms with van der Waals surface area (Å²) >= 11 is 0. The number of fused-ring (bicyclic) bond motifs is 3. The van der Waals surface area contributed by atoms with Crippen LogP contribution in [-0.2, 0) is 18.4 Å². The van der Waals surface area contributed by atoms with Gasteiger partial charge in [0.25, 0.3) is 11.5 Å². The molecule has 4 aromatic rings. The van der Waals surface area contributed by atoms with Gasteiger partial charge in [-0.25, -0.2) is 0 Å². The van der Waals surface area contributed by atoms with Crippen LogP contribution in [0.2, 0.25) is 0 Å². The number of amides is 2. The van der Waals surface area contributed by atoms with Gasteiger partial charge >= 0.3 is 0 Å². The second kappa shape index (κ2) is 12.0. The normalized spacial score (nSPS) is 17.0. The molecule has 0 unspecified atom stereocenters. The molecule has 0 spiro atoms. The number of carbonyl (C=O) groups excluding carboxylic acids is 3. The summed E-state index contributed by atoms with van der Waals surface area (Å²) in [6.45, 7) is -0.0329. The smallest absolute Gasteiger partial charge is 0.272 e. The number of nitrogens with one attached hydrogen (secondary N) is 2. The fraction of sp³-hybridized carbons (Fsp3) is 0.355. The molecule has 0 aliphatic heterocycles. The molecule has 0 atom stereocenters. The number of carbonyl (C=O) groups is 3. The van der Waals surface area contributed by atoms with E-state index in [0.29, 0.717) is 42.3 Å². The third kappa shape index (κ3) is 5.35. The Morgan fingerprint density at radius 2 is 1.68 bits per heavy atom. The highest BCUT2D eigenvalue weighted by Crippen LogP contribution is 2.35. The van der Waals surface area contributed by atoms with Crippen molar-refractivity contribution in [1.82, 2.24) is 19.8 Å². The van der Waals surface area contributed by atoms with Crippen molar-refractivity contribution in [1.29, 1.82) is 0 Å². The lowest BCUT2D eigenvalue weighted by Gasteiger charge is -2.28. The minimum Gasteiger partial charge on any atom is -0.493 e. The minimum atomic E-state index is -0.413. The molecular weight excluding hydrogens is 524 g/mol. The summed E-state index contributed by atoms with van der Waals surface area (Å²) in [4.78, 5) is 53.0. The van der Waals surface area contributed by atoms with Crippen LogP contribution in [0, 0.1) is 5.92 Å². The molecule has 41 heavy (non-hydrogen) atoms. The number of hydrogen-bond donors (Lipinski definition) is 3. The monoisotopic (exact) mass is 558 g/mol. The molecule has 2 aromatic heterocycles. The molecule has 5 rings (SSSR count). The van der Waals surface area contributed by atoms with Crippen LogP contribution < -0.4 is 20.9 Å². The van der Waals surface area contributed by atoms with Crippen LogP contribution in [0.5, 0.6) is 5.75 Å². The molecule has 2 amide bonds. The number of aromatic nitrogens is 2. The van der Waals surface area contributed by atoms with E-state index in [2.05, 4.69) is 10.6 Å². The highest BCUT2D eigenvalue weighted by molar-refractivity contribution is 6.12. The highest BCUT2D eigenvalue weighted by atomic mass is 16.5. The predicted octanol–water partition coefficient (Wildman–Crippen LogP) is 2.78. The van der Waals surface area contributed by atoms with Gasteiger partial charge in [0.2, 0.25) is 5.91 Å². The third-order valence-corrected chi connectivity index (χ3v) is 7.92. The minimum absolute atomic E-state index is 0.0758. The average molecular weight is 559 g/mol. The van der Waals surface area contributed by atoms with Crippen molar-refractivity contribution in [2.24, 2.45) is 13.0 Å². The van der Waals surface area contributed by atoms with Gasteiger partial charge in [-0.2, -0.15) is 0 Å². The lowest BCUT2D eigenvalue weighted by atomic mass is 9.85. The Balaban J connectivity index is 1.49. The van der Waals surface area contributed by atoms with E-state index in [1.54, 1.807) is 41.9 Å². The number of ketones is 1. The Hall–Kier alpha value is -4.44. The van der Waals surface area contributed by atoms with Crippen LogP contribution in [-0.4, -0.2) is 58.1 Å². The maximum absolute atomic E-state index is 14.0. The largest absolute Gasteiger partial charge is 0.493 e. The van der Waals surface area contributed by atoms with Gasteiger partial charge < -0.3 is 25.0 Å². The summed E-state index contributed by atoms with van der Waals surface area (Å²) in [5.74, 6) is -0.637. The van der Waals surface area contributed by atoms with E-state index >= 15 is 0 Å². The zero-order valence-corrected chi connectivity index (χ0v) is 23.2. The first kappa shape index (κ1) is 28.1. The molecule has 1 aliphatic rings.